The first-order chi connectivity index (χ1) is 21.1. The third-order valence-corrected chi connectivity index (χ3v) is 10.7. The number of fused-ring (bicyclic) bond motifs is 2. The predicted molar refractivity (Wildman–Crippen MR) is 158 cm³/mol. The monoisotopic (exact) mass is 625 g/mol. The normalized spacial score (nSPS) is 30.2. The Labute approximate surface area is 258 Å². The number of anilines is 2. The van der Waals surface area contributed by atoms with E-state index in [1.807, 2.05) is 18.7 Å². The number of thiophene rings is 1. The van der Waals surface area contributed by atoms with Crippen LogP contribution in [0.2, 0.25) is 0 Å². The van der Waals surface area contributed by atoms with Crippen molar-refractivity contribution in [2.75, 3.05) is 56.6 Å². The molecule has 0 aromatic carbocycles. The summed E-state index contributed by atoms with van der Waals surface area (Å²) in [6, 6.07) is 2.35. The first kappa shape index (κ1) is 29.3. The van der Waals surface area contributed by atoms with Gasteiger partial charge in [0.2, 0.25) is 23.5 Å². The van der Waals surface area contributed by atoms with Crippen molar-refractivity contribution in [1.29, 1.82) is 5.26 Å². The number of nitrogen functional groups attached to an aromatic ring is 1. The van der Waals surface area contributed by atoms with Crippen LogP contribution in [0.4, 0.5) is 15.3 Å². The zero-order chi connectivity index (χ0) is 30.7. The van der Waals surface area contributed by atoms with Crippen molar-refractivity contribution in [2.45, 2.75) is 75.1 Å². The number of ether oxygens (including phenoxy) is 2. The number of rotatable bonds is 7. The van der Waals surface area contributed by atoms with E-state index >= 15 is 0 Å². The summed E-state index contributed by atoms with van der Waals surface area (Å²) in [5.41, 5.74) is 5.66. The van der Waals surface area contributed by atoms with Crippen LogP contribution in [-0.2, 0) is 16.6 Å². The summed E-state index contributed by atoms with van der Waals surface area (Å²) in [5.74, 6) is 1.01. The van der Waals surface area contributed by atoms with Gasteiger partial charge in [0.25, 0.3) is 0 Å². The lowest BCUT2D eigenvalue weighted by Gasteiger charge is -2.39. The smallest absolute Gasteiger partial charge is 0.321 e. The second-order valence-electron chi connectivity index (χ2n) is 12.8. The Kier molecular flexibility index (Phi) is 7.23. The predicted octanol–water partition coefficient (Wildman–Crippen LogP) is 2.62. The third-order valence-electron chi connectivity index (χ3n) is 9.64. The Morgan fingerprint density at radius 3 is 2.86 bits per heavy atom. The number of nitrogens with two attached hydrogens (primary N) is 1. The number of hydrogen-bond acceptors (Lipinski definition) is 14. The Hall–Kier alpha value is -3.45. The molecule has 0 spiro atoms. The molecule has 1 aliphatic carbocycles. The second kappa shape index (κ2) is 10.9. The molecule has 0 amide bonds. The minimum Gasteiger partial charge on any atom is -0.461 e. The van der Waals surface area contributed by atoms with Gasteiger partial charge in [-0.25, -0.2) is 4.39 Å². The number of aryl methyl sites for hydroxylation is 1. The lowest BCUT2D eigenvalue weighted by molar-refractivity contribution is -0.0747. The molecule has 44 heavy (non-hydrogen) atoms. The third kappa shape index (κ3) is 4.88. The average Bonchev–Trinajstić information content (AvgIpc) is 3.78. The van der Waals surface area contributed by atoms with E-state index in [0.29, 0.717) is 61.5 Å². The topological polar surface area (TPSA) is 173 Å². The van der Waals surface area contributed by atoms with Crippen molar-refractivity contribution >= 4 is 22.3 Å². The molecule has 234 valence electrons. The molecule has 0 saturated carbocycles. The van der Waals surface area contributed by atoms with Crippen LogP contribution in [-0.4, -0.2) is 98.4 Å². The van der Waals surface area contributed by atoms with Crippen LogP contribution in [0, 0.1) is 11.3 Å². The van der Waals surface area contributed by atoms with E-state index < -0.39 is 17.2 Å². The molecule has 4 aliphatic rings. The van der Waals surface area contributed by atoms with Crippen LogP contribution in [0.15, 0.2) is 4.52 Å². The fourth-order valence-corrected chi connectivity index (χ4v) is 8.54. The molecular formula is C29H36FN9O4S. The van der Waals surface area contributed by atoms with Crippen LogP contribution in [0.5, 0.6) is 6.01 Å². The number of hydrogen-bond donors (Lipinski definition) is 2. The zero-order valence-electron chi connectivity index (χ0n) is 24.9. The fraction of sp³-hybridized carbons (Fsp3) is 0.655. The maximum absolute atomic E-state index is 14.4. The number of aliphatic hydroxyl groups excluding tert-OH is 1. The molecule has 3 saturated heterocycles. The molecule has 3 N–H and O–H groups in total. The average molecular weight is 626 g/mol. The highest BCUT2D eigenvalue weighted by atomic mass is 32.1. The molecule has 0 radical (unpaired) electrons. The number of morpholine rings is 1. The van der Waals surface area contributed by atoms with Crippen molar-refractivity contribution < 1.29 is 23.5 Å². The zero-order valence-corrected chi connectivity index (χ0v) is 25.7. The number of nitriles is 1. The number of aromatic nitrogens is 5. The Bertz CT molecular complexity index is 1610. The summed E-state index contributed by atoms with van der Waals surface area (Å²) in [6.45, 7) is 6.40. The van der Waals surface area contributed by atoms with E-state index in [1.54, 1.807) is 0 Å². The van der Waals surface area contributed by atoms with Crippen molar-refractivity contribution in [2.24, 2.45) is 0 Å². The van der Waals surface area contributed by atoms with E-state index in [-0.39, 0.29) is 36.4 Å². The lowest BCUT2D eigenvalue weighted by atomic mass is 9.72. The maximum atomic E-state index is 14.4. The Balaban J connectivity index is 1.24. The van der Waals surface area contributed by atoms with Gasteiger partial charge in [-0.1, -0.05) is 5.16 Å². The number of alkyl halides is 1. The minimum atomic E-state index is -0.882. The van der Waals surface area contributed by atoms with Gasteiger partial charge >= 0.3 is 6.01 Å². The summed E-state index contributed by atoms with van der Waals surface area (Å²) >= 11 is 1.44. The molecule has 3 aromatic heterocycles. The van der Waals surface area contributed by atoms with Gasteiger partial charge in [-0.2, -0.15) is 25.2 Å². The second-order valence-corrected chi connectivity index (χ2v) is 14.0. The van der Waals surface area contributed by atoms with Gasteiger partial charge in [-0.15, -0.1) is 11.3 Å². The molecule has 15 heteroatoms. The van der Waals surface area contributed by atoms with Crippen LogP contribution in [0.1, 0.15) is 67.8 Å². The van der Waals surface area contributed by atoms with Crippen LogP contribution < -0.4 is 15.4 Å². The number of aliphatic hydroxyl groups is 1. The van der Waals surface area contributed by atoms with E-state index in [0.717, 1.165) is 42.7 Å². The maximum Gasteiger partial charge on any atom is 0.321 e. The molecule has 0 bridgehead atoms. The summed E-state index contributed by atoms with van der Waals surface area (Å²) < 4.78 is 32.3. The number of nitrogens with zero attached hydrogens (tertiary/aromatic N) is 8. The SMILES string of the molecule is CC1(CO)CN(c2nc(OC[C@@]34CCCN3C[C@H](F)C4)nc(-c3noc([C@@]4(C)CCCc5sc(N)c(C#N)c54)n3)n2)CCO1. The molecule has 3 aliphatic heterocycles. The van der Waals surface area contributed by atoms with Crippen molar-refractivity contribution in [3.05, 3.63) is 21.9 Å². The standard InChI is InChI=1S/C29H36FN9O4S/c1-27(15-40)14-38(9-10-42-27)25-34-22(35-26(36-25)41-16-29-7-4-8-39(29)13-17(30)11-29)23-33-24(43-37-23)28(2)6-3-5-19-20(28)18(12-31)21(32)44-19/h17,40H,3-11,13-16,32H2,1-2H3/t17-,27?,28+,29+/m1/s1. The summed E-state index contributed by atoms with van der Waals surface area (Å²) in [6.07, 6.45) is 3.82. The van der Waals surface area contributed by atoms with Gasteiger partial charge in [-0.05, 0) is 52.5 Å². The Morgan fingerprint density at radius 2 is 2.05 bits per heavy atom. The molecular weight excluding hydrogens is 589 g/mol. The largest absolute Gasteiger partial charge is 0.461 e. The first-order valence-electron chi connectivity index (χ1n) is 15.1. The van der Waals surface area contributed by atoms with Gasteiger partial charge in [-0.3, -0.25) is 4.90 Å². The molecule has 4 atom stereocenters. The molecule has 7 rings (SSSR count). The fourth-order valence-electron chi connectivity index (χ4n) is 7.34. The molecule has 1 unspecified atom stereocenters. The highest BCUT2D eigenvalue weighted by molar-refractivity contribution is 7.16. The first-order valence-corrected chi connectivity index (χ1v) is 15.9. The van der Waals surface area contributed by atoms with Gasteiger partial charge in [0, 0.05) is 30.0 Å². The van der Waals surface area contributed by atoms with E-state index in [1.165, 1.54) is 11.3 Å². The molecule has 13 nitrogen and oxygen atoms in total. The van der Waals surface area contributed by atoms with Crippen LogP contribution in [0.3, 0.4) is 0 Å². The van der Waals surface area contributed by atoms with Gasteiger partial charge in [0.1, 0.15) is 29.4 Å². The summed E-state index contributed by atoms with van der Waals surface area (Å²) in [5, 5.41) is 24.6. The molecule has 3 aromatic rings. The lowest BCUT2D eigenvalue weighted by Crippen LogP contribution is -2.52. The molecule has 6 heterocycles. The number of halogens is 1. The highest BCUT2D eigenvalue weighted by Gasteiger charge is 2.49. The van der Waals surface area contributed by atoms with Gasteiger partial charge in [0.05, 0.1) is 36.3 Å². The summed E-state index contributed by atoms with van der Waals surface area (Å²) in [4.78, 5) is 23.8. The van der Waals surface area contributed by atoms with E-state index in [9.17, 15) is 14.8 Å². The van der Waals surface area contributed by atoms with Crippen molar-refractivity contribution in [3.8, 4) is 23.7 Å². The van der Waals surface area contributed by atoms with Crippen molar-refractivity contribution in [1.82, 2.24) is 30.0 Å². The van der Waals surface area contributed by atoms with Crippen LogP contribution >= 0.6 is 11.3 Å². The van der Waals surface area contributed by atoms with Gasteiger partial charge in [0.15, 0.2) is 0 Å². The molecule has 3 fully saturated rings. The minimum absolute atomic E-state index is 0.0839. The quantitative estimate of drug-likeness (QED) is 0.393. The van der Waals surface area contributed by atoms with Crippen molar-refractivity contribution in [3.63, 3.8) is 0 Å². The van der Waals surface area contributed by atoms with E-state index in [4.69, 9.17) is 29.7 Å². The summed E-state index contributed by atoms with van der Waals surface area (Å²) in [7, 11) is 0. The highest BCUT2D eigenvalue weighted by Crippen LogP contribution is 2.48. The van der Waals surface area contributed by atoms with Gasteiger partial charge < -0.3 is 29.7 Å². The Morgan fingerprint density at radius 1 is 1.18 bits per heavy atom. The van der Waals surface area contributed by atoms with Crippen LogP contribution in [0.25, 0.3) is 11.6 Å². The van der Waals surface area contributed by atoms with E-state index in [2.05, 4.69) is 26.1 Å².